The lowest BCUT2D eigenvalue weighted by atomic mass is 10.1. The number of hydrogen-bond donors (Lipinski definition) is 2. The molecule has 0 saturated carbocycles. The van der Waals surface area contributed by atoms with Crippen molar-refractivity contribution >= 4 is 22.4 Å². The highest BCUT2D eigenvalue weighted by molar-refractivity contribution is 5.92. The van der Waals surface area contributed by atoms with Crippen LogP contribution in [0.1, 0.15) is 0 Å². The van der Waals surface area contributed by atoms with E-state index < -0.39 is 0 Å². The van der Waals surface area contributed by atoms with E-state index in [1.54, 1.807) is 42.5 Å². The largest absolute Gasteiger partial charge is 0.507 e. The molecule has 4 aromatic rings. The summed E-state index contributed by atoms with van der Waals surface area (Å²) in [5, 5.41) is 13.9. The molecule has 1 heterocycles. The van der Waals surface area contributed by atoms with Crippen LogP contribution in [0.3, 0.4) is 0 Å². The van der Waals surface area contributed by atoms with Crippen molar-refractivity contribution in [2.45, 2.75) is 0 Å². The Labute approximate surface area is 143 Å². The van der Waals surface area contributed by atoms with Gasteiger partial charge in [-0.3, -0.25) is 0 Å². The van der Waals surface area contributed by atoms with Crippen molar-refractivity contribution in [1.82, 2.24) is 9.97 Å². The van der Waals surface area contributed by atoms with E-state index in [1.165, 1.54) is 6.07 Å². The summed E-state index contributed by atoms with van der Waals surface area (Å²) in [5.74, 6) is 0.577. The molecule has 0 saturated heterocycles. The second-order valence-corrected chi connectivity index (χ2v) is 5.53. The van der Waals surface area contributed by atoms with Crippen LogP contribution in [0.4, 0.5) is 15.9 Å². The van der Waals surface area contributed by atoms with Crippen molar-refractivity contribution in [3.63, 3.8) is 0 Å². The van der Waals surface area contributed by atoms with E-state index >= 15 is 0 Å². The van der Waals surface area contributed by atoms with Gasteiger partial charge in [-0.15, -0.1) is 0 Å². The summed E-state index contributed by atoms with van der Waals surface area (Å²) >= 11 is 0. The molecular formula is C20H14FN3O. The van der Waals surface area contributed by atoms with E-state index in [4.69, 9.17) is 0 Å². The Morgan fingerprint density at radius 3 is 2.36 bits per heavy atom. The summed E-state index contributed by atoms with van der Waals surface area (Å²) < 4.78 is 14.0. The van der Waals surface area contributed by atoms with Crippen LogP contribution in [0.5, 0.6) is 5.75 Å². The molecule has 4 nitrogen and oxygen atoms in total. The second kappa shape index (κ2) is 6.20. The first-order chi connectivity index (χ1) is 12.2. The van der Waals surface area contributed by atoms with E-state index in [2.05, 4.69) is 15.3 Å². The zero-order chi connectivity index (χ0) is 17.2. The molecule has 0 aliphatic carbocycles. The number of anilines is 2. The molecule has 0 aliphatic rings. The normalized spacial score (nSPS) is 10.8. The number of aromatic hydroxyl groups is 1. The monoisotopic (exact) mass is 331 g/mol. The van der Waals surface area contributed by atoms with E-state index in [0.29, 0.717) is 28.4 Å². The summed E-state index contributed by atoms with van der Waals surface area (Å²) in [7, 11) is 0. The minimum atomic E-state index is -0.366. The number of para-hydroxylation sites is 3. The maximum absolute atomic E-state index is 14.0. The molecule has 0 unspecified atom stereocenters. The molecule has 0 amide bonds. The number of halogens is 1. The molecule has 0 bridgehead atoms. The predicted octanol–water partition coefficient (Wildman–Crippen LogP) is 4.89. The van der Waals surface area contributed by atoms with Crippen LogP contribution in [-0.4, -0.2) is 15.1 Å². The van der Waals surface area contributed by atoms with Crippen LogP contribution >= 0.6 is 0 Å². The van der Waals surface area contributed by atoms with Gasteiger partial charge in [0.15, 0.2) is 5.82 Å². The maximum atomic E-state index is 14.0. The smallest absolute Gasteiger partial charge is 0.165 e. The molecule has 25 heavy (non-hydrogen) atoms. The number of aromatic nitrogens is 2. The lowest BCUT2D eigenvalue weighted by Crippen LogP contribution is -2.00. The Morgan fingerprint density at radius 2 is 1.52 bits per heavy atom. The number of nitrogens with one attached hydrogen (secondary N) is 1. The second-order valence-electron chi connectivity index (χ2n) is 5.53. The molecule has 0 radical (unpaired) electrons. The highest BCUT2D eigenvalue weighted by Crippen LogP contribution is 2.31. The first-order valence-corrected chi connectivity index (χ1v) is 7.79. The van der Waals surface area contributed by atoms with Crippen LogP contribution in [0.25, 0.3) is 22.3 Å². The molecule has 2 N–H and O–H groups in total. The minimum Gasteiger partial charge on any atom is -0.507 e. The minimum absolute atomic E-state index is 0.0922. The molecule has 0 atom stereocenters. The molecule has 122 valence electrons. The number of hydrogen-bond acceptors (Lipinski definition) is 4. The van der Waals surface area contributed by atoms with Gasteiger partial charge in [-0.25, -0.2) is 14.4 Å². The average Bonchev–Trinajstić information content (AvgIpc) is 2.64. The van der Waals surface area contributed by atoms with Gasteiger partial charge in [0.25, 0.3) is 0 Å². The lowest BCUT2D eigenvalue weighted by Gasteiger charge is -2.12. The fourth-order valence-corrected chi connectivity index (χ4v) is 2.65. The highest BCUT2D eigenvalue weighted by Gasteiger charge is 2.13. The molecule has 0 fully saturated rings. The Bertz CT molecular complexity index is 1070. The molecule has 0 aliphatic heterocycles. The number of benzene rings is 3. The van der Waals surface area contributed by atoms with Gasteiger partial charge in [-0.05, 0) is 36.4 Å². The van der Waals surface area contributed by atoms with Gasteiger partial charge < -0.3 is 10.4 Å². The third-order valence-corrected chi connectivity index (χ3v) is 3.88. The first-order valence-electron chi connectivity index (χ1n) is 7.79. The van der Waals surface area contributed by atoms with Crippen LogP contribution in [0.2, 0.25) is 0 Å². The number of phenolic OH excluding ortho intramolecular Hbond substituents is 1. The first kappa shape index (κ1) is 15.1. The lowest BCUT2D eigenvalue weighted by molar-refractivity contribution is 0.477. The fraction of sp³-hybridized carbons (Fsp3) is 0. The van der Waals surface area contributed by atoms with Crippen LogP contribution < -0.4 is 5.32 Å². The topological polar surface area (TPSA) is 58.0 Å². The van der Waals surface area contributed by atoms with Crippen molar-refractivity contribution in [3.8, 4) is 17.1 Å². The average molecular weight is 331 g/mol. The van der Waals surface area contributed by atoms with Crippen molar-refractivity contribution < 1.29 is 9.50 Å². The van der Waals surface area contributed by atoms with Crippen molar-refractivity contribution in [1.29, 1.82) is 0 Å². The highest BCUT2D eigenvalue weighted by atomic mass is 19.1. The molecule has 1 aromatic heterocycles. The van der Waals surface area contributed by atoms with Crippen LogP contribution in [-0.2, 0) is 0 Å². The van der Waals surface area contributed by atoms with Gasteiger partial charge in [-0.2, -0.15) is 0 Å². The van der Waals surface area contributed by atoms with Crippen molar-refractivity contribution in [2.75, 3.05) is 5.32 Å². The summed E-state index contributed by atoms with van der Waals surface area (Å²) in [6.07, 6.45) is 0. The van der Waals surface area contributed by atoms with Gasteiger partial charge >= 0.3 is 0 Å². The van der Waals surface area contributed by atoms with E-state index in [9.17, 15) is 9.50 Å². The van der Waals surface area contributed by atoms with E-state index in [-0.39, 0.29) is 11.6 Å². The maximum Gasteiger partial charge on any atom is 0.165 e. The Balaban J connectivity index is 1.91. The van der Waals surface area contributed by atoms with Gasteiger partial charge in [0, 0.05) is 5.39 Å². The van der Waals surface area contributed by atoms with E-state index in [1.807, 2.05) is 24.3 Å². The molecule has 3 aromatic carbocycles. The Kier molecular flexibility index (Phi) is 3.74. The standard InChI is InChI=1S/C20H14FN3O/c21-15-9-3-5-11-17(15)23-19-13-7-1-4-10-16(13)22-20(24-19)14-8-2-6-12-18(14)25/h1-12,25H,(H,22,23,24). The number of nitrogens with zero attached hydrogens (tertiary/aromatic N) is 2. The number of fused-ring (bicyclic) bond motifs is 1. The summed E-state index contributed by atoms with van der Waals surface area (Å²) in [6, 6.07) is 20.7. The third-order valence-electron chi connectivity index (χ3n) is 3.88. The third kappa shape index (κ3) is 2.87. The summed E-state index contributed by atoms with van der Waals surface area (Å²) in [6.45, 7) is 0. The molecule has 0 spiro atoms. The molecule has 4 rings (SSSR count). The summed E-state index contributed by atoms with van der Waals surface area (Å²) in [4.78, 5) is 9.05. The van der Waals surface area contributed by atoms with Crippen molar-refractivity contribution in [3.05, 3.63) is 78.6 Å². The molecular weight excluding hydrogens is 317 g/mol. The van der Waals surface area contributed by atoms with Gasteiger partial charge in [0.1, 0.15) is 17.4 Å². The van der Waals surface area contributed by atoms with Crippen molar-refractivity contribution in [2.24, 2.45) is 0 Å². The Morgan fingerprint density at radius 1 is 0.800 bits per heavy atom. The Hall–Kier alpha value is -3.47. The zero-order valence-electron chi connectivity index (χ0n) is 13.1. The van der Waals surface area contributed by atoms with Gasteiger partial charge in [-0.1, -0.05) is 36.4 Å². The number of rotatable bonds is 3. The molecule has 5 heteroatoms. The zero-order valence-corrected chi connectivity index (χ0v) is 13.1. The quantitative estimate of drug-likeness (QED) is 0.561. The predicted molar refractivity (Wildman–Crippen MR) is 96.3 cm³/mol. The van der Waals surface area contributed by atoms with Gasteiger partial charge in [0.05, 0.1) is 16.8 Å². The SMILES string of the molecule is Oc1ccccc1-c1nc(Nc2ccccc2F)c2ccccc2n1. The fourth-order valence-electron chi connectivity index (χ4n) is 2.65. The van der Waals surface area contributed by atoms with Crippen LogP contribution in [0, 0.1) is 5.82 Å². The van der Waals surface area contributed by atoms with Gasteiger partial charge in [0.2, 0.25) is 0 Å². The van der Waals surface area contributed by atoms with Crippen LogP contribution in [0.15, 0.2) is 72.8 Å². The number of phenols is 1. The summed E-state index contributed by atoms with van der Waals surface area (Å²) in [5.41, 5.74) is 1.55. The van der Waals surface area contributed by atoms with E-state index in [0.717, 1.165) is 5.39 Å².